The lowest BCUT2D eigenvalue weighted by Crippen LogP contribution is -2.44. The summed E-state index contributed by atoms with van der Waals surface area (Å²) in [5, 5.41) is 9.32. The number of thiophene rings is 1. The summed E-state index contributed by atoms with van der Waals surface area (Å²) in [5.74, 6) is -0.637. The molecule has 0 aliphatic rings. The highest BCUT2D eigenvalue weighted by molar-refractivity contribution is 7.93. The van der Waals surface area contributed by atoms with E-state index >= 15 is 0 Å². The first-order valence-electron chi connectivity index (χ1n) is 8.94. The highest BCUT2D eigenvalue weighted by atomic mass is 32.2. The molecule has 0 aliphatic heterocycles. The van der Waals surface area contributed by atoms with Crippen LogP contribution in [-0.2, 0) is 19.4 Å². The normalized spacial score (nSPS) is 15.1. The highest BCUT2D eigenvalue weighted by Crippen LogP contribution is 2.29. The third kappa shape index (κ3) is 6.29. The Hall–Kier alpha value is -1.97. The van der Waals surface area contributed by atoms with Crippen molar-refractivity contribution >= 4 is 43.3 Å². The number of hydrogen-bond acceptors (Lipinski definition) is 5. The van der Waals surface area contributed by atoms with E-state index in [0.717, 1.165) is 10.1 Å². The van der Waals surface area contributed by atoms with Crippen LogP contribution >= 0.6 is 11.3 Å². The number of nitrogens with one attached hydrogen (secondary N) is 1. The van der Waals surface area contributed by atoms with Gasteiger partial charge in [0.1, 0.15) is 15.9 Å². The molecule has 1 aromatic carbocycles. The number of carbonyl (C=O) groups is 2. The molecule has 0 radical (unpaired) electrons. The van der Waals surface area contributed by atoms with Crippen LogP contribution in [0.4, 0.5) is 4.79 Å². The Labute approximate surface area is 170 Å². The van der Waals surface area contributed by atoms with Gasteiger partial charge < -0.3 is 10.1 Å². The third-order valence-corrected chi connectivity index (χ3v) is 6.64. The van der Waals surface area contributed by atoms with Crippen LogP contribution < -0.4 is 10.5 Å². The molecule has 9 heteroatoms. The van der Waals surface area contributed by atoms with E-state index in [4.69, 9.17) is 9.88 Å². The number of nitrogens with two attached hydrogens (primary N) is 1. The second-order valence-corrected chi connectivity index (χ2v) is 11.0. The van der Waals surface area contributed by atoms with E-state index in [9.17, 15) is 13.8 Å². The van der Waals surface area contributed by atoms with Gasteiger partial charge in [-0.1, -0.05) is 32.0 Å². The molecule has 3 N–H and O–H groups in total. The van der Waals surface area contributed by atoms with Gasteiger partial charge >= 0.3 is 6.09 Å². The maximum absolute atomic E-state index is 12.9. The van der Waals surface area contributed by atoms with Gasteiger partial charge in [-0.25, -0.2) is 14.1 Å². The molecule has 0 fully saturated rings. The number of nitrogens with zero attached hydrogens (tertiary/aromatic N) is 1. The van der Waals surface area contributed by atoms with Gasteiger partial charge in [0.2, 0.25) is 0 Å². The molecule has 1 unspecified atom stereocenters. The van der Waals surface area contributed by atoms with Crippen LogP contribution in [-0.4, -0.2) is 27.9 Å². The zero-order chi connectivity index (χ0) is 21.1. The summed E-state index contributed by atoms with van der Waals surface area (Å²) in [6, 6.07) is 8.20. The third-order valence-electron chi connectivity index (χ3n) is 3.61. The summed E-state index contributed by atoms with van der Waals surface area (Å²) in [7, 11) is -3.42. The average molecular weight is 426 g/mol. The molecule has 1 aromatic heterocycles. The highest BCUT2D eigenvalue weighted by Gasteiger charge is 2.26. The van der Waals surface area contributed by atoms with E-state index in [1.807, 2.05) is 38.1 Å². The van der Waals surface area contributed by atoms with Gasteiger partial charge in [0.05, 0.1) is 0 Å². The van der Waals surface area contributed by atoms with Gasteiger partial charge in [-0.3, -0.25) is 4.79 Å². The molecule has 0 saturated carbocycles. The summed E-state index contributed by atoms with van der Waals surface area (Å²) in [6.07, 6.45) is -0.407. The van der Waals surface area contributed by atoms with Gasteiger partial charge in [0, 0.05) is 4.70 Å². The summed E-state index contributed by atoms with van der Waals surface area (Å²) in [4.78, 5) is 24.8. The van der Waals surface area contributed by atoms with Gasteiger partial charge in [-0.15, -0.1) is 15.7 Å². The van der Waals surface area contributed by atoms with Crippen molar-refractivity contribution in [2.45, 2.75) is 56.9 Å². The molecule has 1 heterocycles. The zero-order valence-corrected chi connectivity index (χ0v) is 18.4. The fraction of sp³-hybridized carbons (Fsp3) is 0.474. The molecule has 2 aromatic rings. The van der Waals surface area contributed by atoms with Crippen LogP contribution in [0, 0.1) is 5.92 Å². The molecule has 0 spiro atoms. The first-order valence-corrected chi connectivity index (χ1v) is 11.3. The van der Waals surface area contributed by atoms with E-state index < -0.39 is 33.6 Å². The van der Waals surface area contributed by atoms with Crippen molar-refractivity contribution in [3.8, 4) is 0 Å². The van der Waals surface area contributed by atoms with Gasteiger partial charge in [0.25, 0.3) is 5.91 Å². The second kappa shape index (κ2) is 8.59. The van der Waals surface area contributed by atoms with E-state index in [1.165, 1.54) is 11.3 Å². The molecule has 0 saturated heterocycles. The Bertz CT molecular complexity index is 949. The topological polar surface area (TPSA) is 111 Å². The van der Waals surface area contributed by atoms with Crippen molar-refractivity contribution < 1.29 is 18.5 Å². The lowest BCUT2D eigenvalue weighted by Gasteiger charge is -2.23. The summed E-state index contributed by atoms with van der Waals surface area (Å²) in [5.41, 5.74) is -0.703. The Balaban J connectivity index is 2.29. The minimum atomic E-state index is -3.42. The maximum atomic E-state index is 12.9. The van der Waals surface area contributed by atoms with Gasteiger partial charge in [0.15, 0.2) is 9.92 Å². The number of ether oxygens (including phenoxy) is 1. The molecule has 154 valence electrons. The fourth-order valence-electron chi connectivity index (χ4n) is 2.49. The van der Waals surface area contributed by atoms with Crippen LogP contribution in [0.3, 0.4) is 0 Å². The first kappa shape index (κ1) is 22.3. The van der Waals surface area contributed by atoms with Crippen molar-refractivity contribution in [3.63, 3.8) is 0 Å². The van der Waals surface area contributed by atoms with Crippen LogP contribution in [0.2, 0.25) is 0 Å². The van der Waals surface area contributed by atoms with E-state index in [0.29, 0.717) is 10.6 Å². The minimum Gasteiger partial charge on any atom is -0.444 e. The van der Waals surface area contributed by atoms with E-state index in [2.05, 4.69) is 9.68 Å². The molecule has 2 rings (SSSR count). The predicted molar refractivity (Wildman–Crippen MR) is 112 cm³/mol. The van der Waals surface area contributed by atoms with E-state index in [1.54, 1.807) is 26.8 Å². The second-order valence-electron chi connectivity index (χ2n) is 7.93. The molecular formula is C19H27N3O4S2. The fourth-order valence-corrected chi connectivity index (χ4v) is 4.92. The number of amides is 2. The Morgan fingerprint density at radius 2 is 1.93 bits per heavy atom. The number of fused-ring (bicyclic) bond motifs is 1. The van der Waals surface area contributed by atoms with Gasteiger partial charge in [-0.2, -0.15) is 0 Å². The van der Waals surface area contributed by atoms with E-state index in [-0.39, 0.29) is 5.92 Å². The molecule has 28 heavy (non-hydrogen) atoms. The smallest absolute Gasteiger partial charge is 0.408 e. The van der Waals surface area contributed by atoms with Crippen molar-refractivity contribution in [1.82, 2.24) is 5.32 Å². The Morgan fingerprint density at radius 1 is 1.29 bits per heavy atom. The maximum Gasteiger partial charge on any atom is 0.408 e. The molecule has 0 bridgehead atoms. The van der Waals surface area contributed by atoms with Crippen molar-refractivity contribution in [3.05, 3.63) is 30.3 Å². The number of alkyl carbamates (subject to hydrolysis) is 1. The Morgan fingerprint density at radius 3 is 2.50 bits per heavy atom. The first-order chi connectivity index (χ1) is 12.9. The minimum absolute atomic E-state index is 0.0947. The van der Waals surface area contributed by atoms with Gasteiger partial charge in [-0.05, 0) is 50.6 Å². The number of carbonyl (C=O) groups excluding carboxylic acids is 2. The average Bonchev–Trinajstić information content (AvgIpc) is 2.96. The largest absolute Gasteiger partial charge is 0.444 e. The molecule has 2 amide bonds. The Kier molecular flexibility index (Phi) is 6.84. The predicted octanol–water partition coefficient (Wildman–Crippen LogP) is 4.07. The molecule has 2 atom stereocenters. The van der Waals surface area contributed by atoms with Crippen molar-refractivity contribution in [2.75, 3.05) is 0 Å². The lowest BCUT2D eigenvalue weighted by atomic mass is 10.0. The standard InChI is InChI=1S/C19H27N3O4S2/c1-12(2)10-14(21-18(24)26-19(3,4)5)17(23)22-28(20,25)16-11-13-8-6-7-9-15(13)27-16/h6-9,11-12,14H,10H2,1-5H3,(H,21,24)(H2,20,22,23,25)/t14-,28?/m0/s1. The van der Waals surface area contributed by atoms with Crippen LogP contribution in [0.15, 0.2) is 38.9 Å². The quantitative estimate of drug-likeness (QED) is 0.752. The lowest BCUT2D eigenvalue weighted by molar-refractivity contribution is -0.120. The summed E-state index contributed by atoms with van der Waals surface area (Å²) in [6.45, 7) is 8.99. The van der Waals surface area contributed by atoms with Crippen LogP contribution in [0.5, 0.6) is 0 Å². The number of benzene rings is 1. The van der Waals surface area contributed by atoms with Crippen molar-refractivity contribution in [2.24, 2.45) is 15.4 Å². The summed E-state index contributed by atoms with van der Waals surface area (Å²) < 4.78 is 23.2. The zero-order valence-electron chi connectivity index (χ0n) is 16.7. The SMILES string of the molecule is CC(C)C[C@H](NC(=O)OC(C)(C)C)C(=O)N=S(N)(=O)c1cc2ccccc2s1. The number of hydrogen-bond donors (Lipinski definition) is 2. The molecule has 0 aliphatic carbocycles. The van der Waals surface area contributed by atoms with Crippen LogP contribution in [0.1, 0.15) is 41.0 Å². The number of rotatable bonds is 5. The molecular weight excluding hydrogens is 398 g/mol. The monoisotopic (exact) mass is 425 g/mol. The molecule has 7 nitrogen and oxygen atoms in total. The summed E-state index contributed by atoms with van der Waals surface area (Å²) >= 11 is 1.24. The van der Waals surface area contributed by atoms with Crippen molar-refractivity contribution in [1.29, 1.82) is 0 Å². The van der Waals surface area contributed by atoms with Crippen LogP contribution in [0.25, 0.3) is 10.1 Å².